The van der Waals surface area contributed by atoms with Crippen molar-refractivity contribution in [3.63, 3.8) is 0 Å². The number of rotatable bonds is 4. The molecule has 3 aromatic rings. The highest BCUT2D eigenvalue weighted by Crippen LogP contribution is 2.36. The highest BCUT2D eigenvalue weighted by Gasteiger charge is 2.26. The van der Waals surface area contributed by atoms with Crippen molar-refractivity contribution in [1.82, 2.24) is 29.4 Å². The second kappa shape index (κ2) is 4.64. The summed E-state index contributed by atoms with van der Waals surface area (Å²) in [5.41, 5.74) is 6.41. The number of hydrogen-bond acceptors (Lipinski definition) is 6. The highest BCUT2D eigenvalue weighted by molar-refractivity contribution is 7.19. The summed E-state index contributed by atoms with van der Waals surface area (Å²) < 4.78 is 3.86. The summed E-state index contributed by atoms with van der Waals surface area (Å²) in [5.74, 6) is 1.52. The Morgan fingerprint density at radius 3 is 3.00 bits per heavy atom. The molecule has 3 heterocycles. The predicted octanol–water partition coefficient (Wildman–Crippen LogP) is 1.28. The molecular formula is C12H15N7S. The Morgan fingerprint density at radius 1 is 1.35 bits per heavy atom. The molecule has 20 heavy (non-hydrogen) atoms. The quantitative estimate of drug-likeness (QED) is 0.781. The topological polar surface area (TPSA) is 86.9 Å². The van der Waals surface area contributed by atoms with Crippen LogP contribution in [0.3, 0.4) is 0 Å². The Morgan fingerprint density at radius 2 is 2.25 bits per heavy atom. The number of fused-ring (bicyclic) bond motifs is 1. The van der Waals surface area contributed by atoms with Crippen LogP contribution in [0.5, 0.6) is 0 Å². The molecule has 2 N–H and O–H groups in total. The maximum Gasteiger partial charge on any atom is 0.235 e. The van der Waals surface area contributed by atoms with E-state index in [0.717, 1.165) is 28.0 Å². The van der Waals surface area contributed by atoms with Crippen LogP contribution in [0.2, 0.25) is 0 Å². The average molecular weight is 289 g/mol. The van der Waals surface area contributed by atoms with Crippen molar-refractivity contribution in [2.24, 2.45) is 5.73 Å². The third-order valence-corrected chi connectivity index (χ3v) is 4.65. The van der Waals surface area contributed by atoms with Crippen molar-refractivity contribution < 1.29 is 0 Å². The maximum absolute atomic E-state index is 5.54. The minimum Gasteiger partial charge on any atom is -0.335 e. The Kier molecular flexibility index (Phi) is 2.78. The minimum absolute atomic E-state index is 0.523. The summed E-state index contributed by atoms with van der Waals surface area (Å²) in [6.07, 6.45) is 7.43. The Balaban J connectivity index is 1.70. The van der Waals surface area contributed by atoms with Crippen LogP contribution in [0, 0.1) is 0 Å². The fourth-order valence-electron chi connectivity index (χ4n) is 2.40. The van der Waals surface area contributed by atoms with Crippen LogP contribution in [0.1, 0.15) is 31.0 Å². The zero-order chi connectivity index (χ0) is 13.5. The van der Waals surface area contributed by atoms with E-state index in [-0.39, 0.29) is 0 Å². The summed E-state index contributed by atoms with van der Waals surface area (Å²) in [6.45, 7) is 1.37. The van der Waals surface area contributed by atoms with Crippen LogP contribution in [-0.2, 0) is 6.54 Å². The van der Waals surface area contributed by atoms with E-state index in [1.54, 1.807) is 6.33 Å². The predicted molar refractivity (Wildman–Crippen MR) is 75.5 cm³/mol. The third kappa shape index (κ3) is 1.83. The van der Waals surface area contributed by atoms with Gasteiger partial charge in [-0.1, -0.05) is 17.8 Å². The summed E-state index contributed by atoms with van der Waals surface area (Å²) in [4.78, 5) is 5.23. The molecule has 0 atom stereocenters. The molecule has 7 nitrogen and oxygen atoms in total. The van der Waals surface area contributed by atoms with E-state index in [1.807, 2.05) is 15.3 Å². The SMILES string of the molecule is NCCn1cnc(-c2nn3c(C4CCC4)nnc3s2)c1. The molecule has 0 radical (unpaired) electrons. The molecule has 0 aromatic carbocycles. The van der Waals surface area contributed by atoms with E-state index in [0.29, 0.717) is 12.5 Å². The molecule has 0 aliphatic heterocycles. The lowest BCUT2D eigenvalue weighted by Crippen LogP contribution is -2.13. The fourth-order valence-corrected chi connectivity index (χ4v) is 3.21. The first-order valence-corrected chi connectivity index (χ1v) is 7.61. The number of nitrogens with zero attached hydrogens (tertiary/aromatic N) is 6. The van der Waals surface area contributed by atoms with Crippen LogP contribution in [-0.4, -0.2) is 35.9 Å². The van der Waals surface area contributed by atoms with Gasteiger partial charge < -0.3 is 10.3 Å². The summed E-state index contributed by atoms with van der Waals surface area (Å²) in [5, 5.41) is 14.0. The maximum atomic E-state index is 5.54. The van der Waals surface area contributed by atoms with Crippen molar-refractivity contribution >= 4 is 16.3 Å². The molecule has 1 fully saturated rings. The molecule has 1 saturated carbocycles. The summed E-state index contributed by atoms with van der Waals surface area (Å²) >= 11 is 1.53. The van der Waals surface area contributed by atoms with E-state index in [4.69, 9.17) is 5.73 Å². The van der Waals surface area contributed by atoms with Crippen LogP contribution < -0.4 is 5.73 Å². The van der Waals surface area contributed by atoms with Crippen molar-refractivity contribution in [3.8, 4) is 10.7 Å². The molecule has 8 heteroatoms. The normalized spacial score (nSPS) is 15.8. The van der Waals surface area contributed by atoms with Crippen molar-refractivity contribution in [1.29, 1.82) is 0 Å². The van der Waals surface area contributed by atoms with Crippen molar-refractivity contribution in [2.45, 2.75) is 31.7 Å². The van der Waals surface area contributed by atoms with Gasteiger partial charge in [-0.25, -0.2) is 4.98 Å². The summed E-state index contributed by atoms with van der Waals surface area (Å²) in [6, 6.07) is 0. The number of nitrogens with two attached hydrogens (primary N) is 1. The van der Waals surface area contributed by atoms with Crippen LogP contribution in [0.4, 0.5) is 0 Å². The van der Waals surface area contributed by atoms with Gasteiger partial charge in [0.05, 0.1) is 6.33 Å². The van der Waals surface area contributed by atoms with E-state index in [9.17, 15) is 0 Å². The summed E-state index contributed by atoms with van der Waals surface area (Å²) in [7, 11) is 0. The van der Waals surface area contributed by atoms with Gasteiger partial charge in [0.15, 0.2) is 10.8 Å². The lowest BCUT2D eigenvalue weighted by Gasteiger charge is -2.22. The lowest BCUT2D eigenvalue weighted by molar-refractivity contribution is 0.395. The molecule has 104 valence electrons. The van der Waals surface area contributed by atoms with Crippen molar-refractivity contribution in [3.05, 3.63) is 18.3 Å². The fraction of sp³-hybridized carbons (Fsp3) is 0.500. The van der Waals surface area contributed by atoms with Gasteiger partial charge in [-0.05, 0) is 12.8 Å². The highest BCUT2D eigenvalue weighted by atomic mass is 32.1. The minimum atomic E-state index is 0.523. The van der Waals surface area contributed by atoms with Gasteiger partial charge in [-0.3, -0.25) is 0 Å². The smallest absolute Gasteiger partial charge is 0.235 e. The van der Waals surface area contributed by atoms with Crippen LogP contribution >= 0.6 is 11.3 Å². The van der Waals surface area contributed by atoms with Crippen LogP contribution in [0.25, 0.3) is 15.7 Å². The second-order valence-corrected chi connectivity index (χ2v) is 6.03. The first kappa shape index (κ1) is 12.0. The van der Waals surface area contributed by atoms with E-state index < -0.39 is 0 Å². The molecule has 0 spiro atoms. The zero-order valence-electron chi connectivity index (χ0n) is 10.9. The standard InChI is InChI=1S/C12H15N7S/c13-4-5-18-6-9(14-7-18)11-17-19-10(8-2-1-3-8)15-16-12(19)20-11/h6-8H,1-5,13H2. The van der Waals surface area contributed by atoms with E-state index in [1.165, 1.54) is 30.6 Å². The number of hydrogen-bond donors (Lipinski definition) is 1. The van der Waals surface area contributed by atoms with Crippen molar-refractivity contribution in [2.75, 3.05) is 6.54 Å². The van der Waals surface area contributed by atoms with Gasteiger partial charge >= 0.3 is 0 Å². The Bertz CT molecular complexity index is 736. The van der Waals surface area contributed by atoms with E-state index >= 15 is 0 Å². The number of aromatic nitrogens is 6. The van der Waals surface area contributed by atoms with Gasteiger partial charge in [-0.15, -0.1) is 10.2 Å². The number of imidazole rings is 1. The van der Waals surface area contributed by atoms with Gasteiger partial charge in [0, 0.05) is 25.2 Å². The molecule has 4 rings (SSSR count). The van der Waals surface area contributed by atoms with Gasteiger partial charge in [0.2, 0.25) is 4.96 Å². The second-order valence-electron chi connectivity index (χ2n) is 5.07. The molecule has 1 aliphatic rings. The first-order chi connectivity index (χ1) is 9.85. The third-order valence-electron chi connectivity index (χ3n) is 3.72. The van der Waals surface area contributed by atoms with Gasteiger partial charge in [-0.2, -0.15) is 9.61 Å². The van der Waals surface area contributed by atoms with E-state index in [2.05, 4.69) is 20.3 Å². The largest absolute Gasteiger partial charge is 0.335 e. The van der Waals surface area contributed by atoms with Crippen LogP contribution in [0.15, 0.2) is 12.5 Å². The zero-order valence-corrected chi connectivity index (χ0v) is 11.8. The molecule has 0 unspecified atom stereocenters. The Labute approximate surface area is 119 Å². The molecule has 0 saturated heterocycles. The molecule has 0 bridgehead atoms. The molecule has 3 aromatic heterocycles. The lowest BCUT2D eigenvalue weighted by atomic mass is 9.85. The Hall–Kier alpha value is -1.80. The molecular weight excluding hydrogens is 274 g/mol. The first-order valence-electron chi connectivity index (χ1n) is 6.79. The van der Waals surface area contributed by atoms with Gasteiger partial charge in [0.25, 0.3) is 0 Å². The van der Waals surface area contributed by atoms with Gasteiger partial charge in [0.1, 0.15) is 5.69 Å². The molecule has 1 aliphatic carbocycles. The monoisotopic (exact) mass is 289 g/mol. The molecule has 0 amide bonds. The average Bonchev–Trinajstić information content (AvgIpc) is 3.03.